The average Bonchev–Trinajstić information content (AvgIpc) is 2.51. The van der Waals surface area contributed by atoms with Crippen LogP contribution in [0.2, 0.25) is 0 Å². The number of nitrogens with zero attached hydrogens (tertiary/aromatic N) is 1. The Morgan fingerprint density at radius 2 is 2.58 bits per heavy atom. The second kappa shape index (κ2) is 2.25. The highest BCUT2D eigenvalue weighted by molar-refractivity contribution is 5.53. The molecule has 2 heteroatoms. The van der Waals surface area contributed by atoms with Crippen LogP contribution in [-0.2, 0) is 6.42 Å². The van der Waals surface area contributed by atoms with Crippen LogP contribution in [0.1, 0.15) is 18.2 Å². The number of hydrogen-bond donors (Lipinski definition) is 0. The van der Waals surface area contributed by atoms with E-state index in [0.717, 1.165) is 17.7 Å². The van der Waals surface area contributed by atoms with E-state index in [2.05, 4.69) is 11.1 Å². The Kier molecular flexibility index (Phi) is 1.34. The molecule has 1 aliphatic rings. The summed E-state index contributed by atoms with van der Waals surface area (Å²) < 4.78 is 4.99. The zero-order valence-electron chi connectivity index (χ0n) is 6.87. The van der Waals surface area contributed by atoms with Gasteiger partial charge in [0.25, 0.3) is 0 Å². The molecule has 60 valence electrons. The summed E-state index contributed by atoms with van der Waals surface area (Å²) in [4.78, 5) is 0. The summed E-state index contributed by atoms with van der Waals surface area (Å²) in [6.45, 7) is 2.03. The number of terminal acetylenes is 1. The van der Waals surface area contributed by atoms with Gasteiger partial charge < -0.3 is 4.52 Å². The topological polar surface area (TPSA) is 26.0 Å². The van der Waals surface area contributed by atoms with Gasteiger partial charge in [0.05, 0.1) is 11.6 Å². The molecule has 0 radical (unpaired) electrons. The van der Waals surface area contributed by atoms with E-state index in [1.54, 1.807) is 6.20 Å². The molecule has 1 aromatic rings. The maximum absolute atomic E-state index is 5.41. The van der Waals surface area contributed by atoms with E-state index in [4.69, 9.17) is 10.9 Å². The lowest BCUT2D eigenvalue weighted by Gasteiger charge is -2.21. The molecule has 1 unspecified atom stereocenters. The van der Waals surface area contributed by atoms with Gasteiger partial charge in [-0.1, -0.05) is 17.2 Å². The van der Waals surface area contributed by atoms with E-state index in [9.17, 15) is 0 Å². The fourth-order valence-corrected chi connectivity index (χ4v) is 1.35. The first-order chi connectivity index (χ1) is 5.73. The minimum absolute atomic E-state index is 0.168. The Balaban J connectivity index is 2.44. The van der Waals surface area contributed by atoms with E-state index in [-0.39, 0.29) is 5.41 Å². The Hall–Kier alpha value is -1.49. The number of allylic oxidation sites excluding steroid dienone is 1. The van der Waals surface area contributed by atoms with Crippen molar-refractivity contribution in [3.8, 4) is 12.3 Å². The van der Waals surface area contributed by atoms with Crippen molar-refractivity contribution in [2.75, 3.05) is 0 Å². The standard InChI is InChI=1S/C10H9NO/c1-3-10(2)5-4-9-8(6-10)7-11-12-9/h1,4-5,7H,6H2,2H3. The third kappa shape index (κ3) is 0.947. The molecule has 0 amide bonds. The highest BCUT2D eigenvalue weighted by Crippen LogP contribution is 2.31. The second-order valence-corrected chi connectivity index (χ2v) is 3.29. The van der Waals surface area contributed by atoms with Crippen LogP contribution in [0, 0.1) is 17.8 Å². The van der Waals surface area contributed by atoms with E-state index >= 15 is 0 Å². The molecule has 0 saturated carbocycles. The van der Waals surface area contributed by atoms with Crippen molar-refractivity contribution >= 4 is 6.08 Å². The van der Waals surface area contributed by atoms with E-state index < -0.39 is 0 Å². The summed E-state index contributed by atoms with van der Waals surface area (Å²) in [5.74, 6) is 3.59. The lowest BCUT2D eigenvalue weighted by molar-refractivity contribution is 0.407. The van der Waals surface area contributed by atoms with Crippen molar-refractivity contribution in [3.05, 3.63) is 23.6 Å². The fraction of sp³-hybridized carbons (Fsp3) is 0.300. The summed E-state index contributed by atoms with van der Waals surface area (Å²) in [6, 6.07) is 0. The van der Waals surface area contributed by atoms with Crippen LogP contribution in [0.25, 0.3) is 6.08 Å². The van der Waals surface area contributed by atoms with E-state index in [1.807, 2.05) is 19.1 Å². The van der Waals surface area contributed by atoms with Crippen LogP contribution in [0.4, 0.5) is 0 Å². The van der Waals surface area contributed by atoms with Crippen molar-refractivity contribution < 1.29 is 4.52 Å². The van der Waals surface area contributed by atoms with Crippen LogP contribution < -0.4 is 0 Å². The minimum atomic E-state index is -0.168. The predicted octanol–water partition coefficient (Wildman–Crippen LogP) is 1.88. The summed E-state index contributed by atoms with van der Waals surface area (Å²) in [7, 11) is 0. The first-order valence-corrected chi connectivity index (χ1v) is 3.84. The van der Waals surface area contributed by atoms with Gasteiger partial charge in [0.2, 0.25) is 0 Å². The lowest BCUT2D eigenvalue weighted by atomic mass is 9.81. The fourth-order valence-electron chi connectivity index (χ4n) is 1.35. The largest absolute Gasteiger partial charge is 0.357 e. The van der Waals surface area contributed by atoms with Gasteiger partial charge >= 0.3 is 0 Å². The maximum atomic E-state index is 5.41. The monoisotopic (exact) mass is 159 g/mol. The van der Waals surface area contributed by atoms with E-state index in [1.165, 1.54) is 0 Å². The van der Waals surface area contributed by atoms with Crippen LogP contribution >= 0.6 is 0 Å². The number of aromatic nitrogens is 1. The molecule has 1 aliphatic carbocycles. The highest BCUT2D eigenvalue weighted by Gasteiger charge is 2.25. The van der Waals surface area contributed by atoms with Gasteiger partial charge in [-0.2, -0.15) is 0 Å². The molecule has 1 heterocycles. The summed E-state index contributed by atoms with van der Waals surface area (Å²) >= 11 is 0. The van der Waals surface area contributed by atoms with Crippen molar-refractivity contribution in [1.82, 2.24) is 5.16 Å². The van der Waals surface area contributed by atoms with Gasteiger partial charge in [-0.3, -0.25) is 0 Å². The third-order valence-corrected chi connectivity index (χ3v) is 2.17. The van der Waals surface area contributed by atoms with Crippen LogP contribution in [0.3, 0.4) is 0 Å². The van der Waals surface area contributed by atoms with Gasteiger partial charge in [0.15, 0.2) is 5.76 Å². The van der Waals surface area contributed by atoms with Crippen molar-refractivity contribution in [1.29, 1.82) is 0 Å². The maximum Gasteiger partial charge on any atom is 0.162 e. The smallest absolute Gasteiger partial charge is 0.162 e. The molecule has 0 spiro atoms. The molecule has 12 heavy (non-hydrogen) atoms. The first-order valence-electron chi connectivity index (χ1n) is 3.84. The molecule has 2 nitrogen and oxygen atoms in total. The van der Waals surface area contributed by atoms with Crippen LogP contribution in [-0.4, -0.2) is 5.16 Å². The normalized spacial score (nSPS) is 26.3. The molecule has 2 rings (SSSR count). The Bertz CT molecular complexity index is 369. The summed E-state index contributed by atoms with van der Waals surface area (Å²) in [5.41, 5.74) is 0.927. The van der Waals surface area contributed by atoms with Crippen molar-refractivity contribution in [2.24, 2.45) is 5.41 Å². The van der Waals surface area contributed by atoms with Gasteiger partial charge in [0.1, 0.15) is 0 Å². The molecule has 0 aliphatic heterocycles. The van der Waals surface area contributed by atoms with Crippen molar-refractivity contribution in [2.45, 2.75) is 13.3 Å². The molecule has 1 atom stereocenters. The first kappa shape index (κ1) is 7.17. The van der Waals surface area contributed by atoms with Crippen molar-refractivity contribution in [3.63, 3.8) is 0 Å². The quantitative estimate of drug-likeness (QED) is 0.540. The number of fused-ring (bicyclic) bond motifs is 1. The van der Waals surface area contributed by atoms with Gasteiger partial charge in [-0.25, -0.2) is 0 Å². The van der Waals surface area contributed by atoms with Gasteiger partial charge in [0, 0.05) is 5.56 Å². The Morgan fingerprint density at radius 3 is 3.33 bits per heavy atom. The Morgan fingerprint density at radius 1 is 1.75 bits per heavy atom. The van der Waals surface area contributed by atoms with E-state index in [0.29, 0.717) is 0 Å². The number of hydrogen-bond acceptors (Lipinski definition) is 2. The second-order valence-electron chi connectivity index (χ2n) is 3.29. The lowest BCUT2D eigenvalue weighted by Crippen LogP contribution is -2.16. The molecule has 0 aromatic carbocycles. The molecule has 0 saturated heterocycles. The third-order valence-electron chi connectivity index (χ3n) is 2.17. The minimum Gasteiger partial charge on any atom is -0.357 e. The zero-order chi connectivity index (χ0) is 8.60. The molecule has 0 fully saturated rings. The molecular formula is C10H9NO. The summed E-state index contributed by atoms with van der Waals surface area (Å²) in [6.07, 6.45) is 11.8. The molecule has 0 N–H and O–H groups in total. The molecular weight excluding hydrogens is 150 g/mol. The number of rotatable bonds is 0. The zero-order valence-corrected chi connectivity index (χ0v) is 6.87. The highest BCUT2D eigenvalue weighted by atomic mass is 16.5. The molecule has 1 aromatic heterocycles. The van der Waals surface area contributed by atoms with Gasteiger partial charge in [-0.05, 0) is 19.4 Å². The van der Waals surface area contributed by atoms with Crippen LogP contribution in [0.5, 0.6) is 0 Å². The van der Waals surface area contributed by atoms with Crippen LogP contribution in [0.15, 0.2) is 16.8 Å². The molecule has 0 bridgehead atoms. The summed E-state index contributed by atoms with van der Waals surface area (Å²) in [5, 5.41) is 3.71. The Labute approximate surface area is 71.3 Å². The van der Waals surface area contributed by atoms with Gasteiger partial charge in [-0.15, -0.1) is 6.42 Å². The predicted molar refractivity (Wildman–Crippen MR) is 46.2 cm³/mol. The SMILES string of the molecule is C#CC1(C)C=Cc2oncc2C1. The average molecular weight is 159 g/mol.